The van der Waals surface area contributed by atoms with Gasteiger partial charge in [0.2, 0.25) is 0 Å². The first-order valence-electron chi connectivity index (χ1n) is 9.19. The zero-order chi connectivity index (χ0) is 19.2. The lowest BCUT2D eigenvalue weighted by Crippen LogP contribution is -2.36. The molecule has 0 radical (unpaired) electrons. The maximum absolute atomic E-state index is 11.7. The average Bonchev–Trinajstić information content (AvgIpc) is 2.57. The molecule has 1 aliphatic rings. The van der Waals surface area contributed by atoms with Crippen LogP contribution < -0.4 is 10.6 Å². The number of nitro benzene ring substituents is 1. The highest BCUT2D eigenvalue weighted by atomic mass is 16.6. The monoisotopic (exact) mass is 363 g/mol. The largest absolute Gasteiger partial charge is 0.444 e. The molecule has 0 spiro atoms. The van der Waals surface area contributed by atoms with Gasteiger partial charge in [-0.25, -0.2) is 4.79 Å². The summed E-state index contributed by atoms with van der Waals surface area (Å²) in [5.41, 5.74) is 0.210. The lowest BCUT2D eigenvalue weighted by atomic mass is 9.82. The molecule has 7 nitrogen and oxygen atoms in total. The fraction of sp³-hybridized carbons (Fsp3) is 0.632. The lowest BCUT2D eigenvalue weighted by Gasteiger charge is -2.29. The molecule has 0 saturated heterocycles. The molecular weight excluding hydrogens is 334 g/mol. The fourth-order valence-corrected chi connectivity index (χ4v) is 3.22. The molecule has 0 bridgehead atoms. The third kappa shape index (κ3) is 6.54. The van der Waals surface area contributed by atoms with Crippen LogP contribution in [0.4, 0.5) is 16.2 Å². The van der Waals surface area contributed by atoms with Gasteiger partial charge in [0.05, 0.1) is 4.92 Å². The van der Waals surface area contributed by atoms with Gasteiger partial charge in [0, 0.05) is 19.2 Å². The molecule has 1 aromatic rings. The zero-order valence-electron chi connectivity index (χ0n) is 15.8. The number of rotatable bonds is 6. The molecule has 1 fully saturated rings. The van der Waals surface area contributed by atoms with E-state index in [1.807, 2.05) is 20.8 Å². The standard InChI is InChI=1S/C19H29N3O4/c1-19(2,3)26-18(23)21-13-15-10-8-14(9-11-15)12-20-16-6-4-5-7-17(16)22(24)25/h4-7,14-15,20H,8-13H2,1-3H3,(H,21,23)/t14-,15-. The van der Waals surface area contributed by atoms with Crippen LogP contribution in [0.15, 0.2) is 24.3 Å². The smallest absolute Gasteiger partial charge is 0.407 e. The molecule has 7 heteroatoms. The van der Waals surface area contributed by atoms with Crippen LogP contribution in [-0.4, -0.2) is 29.7 Å². The molecule has 0 aromatic heterocycles. The molecule has 0 unspecified atom stereocenters. The summed E-state index contributed by atoms with van der Waals surface area (Å²) in [7, 11) is 0. The number of anilines is 1. The van der Waals surface area contributed by atoms with E-state index in [0.717, 1.165) is 32.2 Å². The topological polar surface area (TPSA) is 93.5 Å². The highest BCUT2D eigenvalue weighted by Gasteiger charge is 2.23. The van der Waals surface area contributed by atoms with Gasteiger partial charge in [0.1, 0.15) is 11.3 Å². The molecular formula is C19H29N3O4. The second kappa shape index (κ2) is 8.87. The minimum Gasteiger partial charge on any atom is -0.444 e. The van der Waals surface area contributed by atoms with Crippen molar-refractivity contribution in [1.82, 2.24) is 5.32 Å². The minimum absolute atomic E-state index is 0.114. The number of nitrogens with one attached hydrogen (secondary N) is 2. The van der Waals surface area contributed by atoms with Crippen LogP contribution in [-0.2, 0) is 4.74 Å². The predicted molar refractivity (Wildman–Crippen MR) is 101 cm³/mol. The molecule has 2 N–H and O–H groups in total. The normalized spacial score (nSPS) is 20.3. The predicted octanol–water partition coefficient (Wildman–Crippen LogP) is 4.34. The average molecular weight is 363 g/mol. The Kier molecular flexibility index (Phi) is 6.83. The number of hydrogen-bond donors (Lipinski definition) is 2. The molecule has 1 aliphatic carbocycles. The highest BCUT2D eigenvalue weighted by molar-refractivity contribution is 5.67. The first-order chi connectivity index (χ1) is 12.2. The molecule has 0 atom stereocenters. The van der Waals surface area contributed by atoms with Crippen LogP contribution in [0, 0.1) is 22.0 Å². The van der Waals surface area contributed by atoms with Gasteiger partial charge in [-0.2, -0.15) is 0 Å². The number of benzene rings is 1. The number of alkyl carbamates (subject to hydrolysis) is 1. The number of carbonyl (C=O) groups excluding carboxylic acids is 1. The zero-order valence-corrected chi connectivity index (χ0v) is 15.8. The van der Waals surface area contributed by atoms with E-state index in [9.17, 15) is 14.9 Å². The third-order valence-corrected chi connectivity index (χ3v) is 4.58. The fourth-order valence-electron chi connectivity index (χ4n) is 3.22. The Bertz CT molecular complexity index is 619. The summed E-state index contributed by atoms with van der Waals surface area (Å²) in [6.07, 6.45) is 3.82. The number of para-hydroxylation sites is 2. The Hall–Kier alpha value is -2.31. The van der Waals surface area contributed by atoms with Crippen molar-refractivity contribution in [1.29, 1.82) is 0 Å². The summed E-state index contributed by atoms with van der Waals surface area (Å²) in [5.74, 6) is 0.956. The van der Waals surface area contributed by atoms with Gasteiger partial charge in [-0.05, 0) is 64.4 Å². The van der Waals surface area contributed by atoms with Gasteiger partial charge in [0.15, 0.2) is 0 Å². The number of carbonyl (C=O) groups is 1. The van der Waals surface area contributed by atoms with Crippen molar-refractivity contribution in [2.45, 2.75) is 52.1 Å². The van der Waals surface area contributed by atoms with Crippen molar-refractivity contribution in [3.05, 3.63) is 34.4 Å². The molecule has 0 aliphatic heterocycles. The first-order valence-corrected chi connectivity index (χ1v) is 9.19. The number of amides is 1. The van der Waals surface area contributed by atoms with E-state index >= 15 is 0 Å². The van der Waals surface area contributed by atoms with E-state index in [2.05, 4.69) is 10.6 Å². The van der Waals surface area contributed by atoms with Gasteiger partial charge in [-0.3, -0.25) is 10.1 Å². The van der Waals surface area contributed by atoms with Crippen LogP contribution >= 0.6 is 0 Å². The summed E-state index contributed by atoms with van der Waals surface area (Å²) < 4.78 is 5.25. The molecule has 0 heterocycles. The van der Waals surface area contributed by atoms with Crippen molar-refractivity contribution in [3.63, 3.8) is 0 Å². The lowest BCUT2D eigenvalue weighted by molar-refractivity contribution is -0.384. The van der Waals surface area contributed by atoms with Gasteiger partial charge in [-0.1, -0.05) is 12.1 Å². The molecule has 1 aromatic carbocycles. The second-order valence-corrected chi connectivity index (χ2v) is 7.92. The maximum Gasteiger partial charge on any atom is 0.407 e. The van der Waals surface area contributed by atoms with E-state index < -0.39 is 5.60 Å². The van der Waals surface area contributed by atoms with Gasteiger partial charge in [-0.15, -0.1) is 0 Å². The summed E-state index contributed by atoms with van der Waals surface area (Å²) in [5, 5.41) is 17.1. The SMILES string of the molecule is CC(C)(C)OC(=O)NC[C@H]1CC[C@H](CNc2ccccc2[N+](=O)[O-])CC1. The maximum atomic E-state index is 11.7. The van der Waals surface area contributed by atoms with Gasteiger partial charge in [0.25, 0.3) is 5.69 Å². The van der Waals surface area contributed by atoms with Crippen LogP contribution in [0.2, 0.25) is 0 Å². The first kappa shape index (κ1) is 20.0. The Morgan fingerprint density at radius 1 is 1.15 bits per heavy atom. The Morgan fingerprint density at radius 3 is 2.31 bits per heavy atom. The highest BCUT2D eigenvalue weighted by Crippen LogP contribution is 2.30. The summed E-state index contributed by atoms with van der Waals surface area (Å²) >= 11 is 0. The Morgan fingerprint density at radius 2 is 1.73 bits per heavy atom. The number of hydrogen-bond acceptors (Lipinski definition) is 5. The van der Waals surface area contributed by atoms with E-state index in [4.69, 9.17) is 4.74 Å². The summed E-state index contributed by atoms with van der Waals surface area (Å²) in [6, 6.07) is 6.73. The Labute approximate surface area is 154 Å². The van der Waals surface area contributed by atoms with Crippen LogP contribution in [0.25, 0.3) is 0 Å². The van der Waals surface area contributed by atoms with Crippen molar-refractivity contribution >= 4 is 17.5 Å². The molecule has 1 saturated carbocycles. The van der Waals surface area contributed by atoms with Crippen molar-refractivity contribution in [2.75, 3.05) is 18.4 Å². The number of ether oxygens (including phenoxy) is 1. The Balaban J connectivity index is 1.71. The van der Waals surface area contributed by atoms with E-state index in [1.54, 1.807) is 18.2 Å². The molecule has 26 heavy (non-hydrogen) atoms. The second-order valence-electron chi connectivity index (χ2n) is 7.92. The van der Waals surface area contributed by atoms with E-state index in [1.165, 1.54) is 6.07 Å². The molecule has 144 valence electrons. The minimum atomic E-state index is -0.479. The summed E-state index contributed by atoms with van der Waals surface area (Å²) in [4.78, 5) is 22.4. The molecule has 1 amide bonds. The van der Waals surface area contributed by atoms with Crippen molar-refractivity contribution in [3.8, 4) is 0 Å². The third-order valence-electron chi connectivity index (χ3n) is 4.58. The summed E-state index contributed by atoms with van der Waals surface area (Å²) in [6.45, 7) is 6.92. The van der Waals surface area contributed by atoms with Crippen molar-refractivity contribution in [2.24, 2.45) is 11.8 Å². The van der Waals surface area contributed by atoms with Gasteiger partial charge < -0.3 is 15.4 Å². The number of nitrogens with zero attached hydrogens (tertiary/aromatic N) is 1. The van der Waals surface area contributed by atoms with Crippen LogP contribution in [0.3, 0.4) is 0 Å². The van der Waals surface area contributed by atoms with E-state index in [0.29, 0.717) is 24.1 Å². The molecule has 2 rings (SSSR count). The van der Waals surface area contributed by atoms with Crippen LogP contribution in [0.1, 0.15) is 46.5 Å². The van der Waals surface area contributed by atoms with Gasteiger partial charge >= 0.3 is 6.09 Å². The quantitative estimate of drug-likeness (QED) is 0.579. The number of nitro groups is 1. The van der Waals surface area contributed by atoms with Crippen molar-refractivity contribution < 1.29 is 14.5 Å². The van der Waals surface area contributed by atoms with E-state index in [-0.39, 0.29) is 16.7 Å². The van der Waals surface area contributed by atoms with Crippen LogP contribution in [0.5, 0.6) is 0 Å².